The molecule has 0 unspecified atom stereocenters. The van der Waals surface area contributed by atoms with Gasteiger partial charge in [0, 0.05) is 36.7 Å². The van der Waals surface area contributed by atoms with E-state index in [9.17, 15) is 33.2 Å². The van der Waals surface area contributed by atoms with Gasteiger partial charge in [0.2, 0.25) is 0 Å². The number of aliphatic hydroxyl groups is 1. The summed E-state index contributed by atoms with van der Waals surface area (Å²) < 4.78 is 40.8. The van der Waals surface area contributed by atoms with Crippen molar-refractivity contribution in [2.45, 2.75) is 32.0 Å². The summed E-state index contributed by atoms with van der Waals surface area (Å²) in [6, 6.07) is 12.5. The van der Waals surface area contributed by atoms with E-state index >= 15 is 0 Å². The highest BCUT2D eigenvalue weighted by molar-refractivity contribution is 5.98. The number of carbonyl (C=O) groups is 1. The maximum Gasteiger partial charge on any atom is 0.416 e. The highest BCUT2D eigenvalue weighted by atomic mass is 19.4. The zero-order valence-electron chi connectivity index (χ0n) is 19.7. The summed E-state index contributed by atoms with van der Waals surface area (Å²) in [5, 5.41) is 23.4. The number of nitrogens with one attached hydrogen (secondary N) is 1. The Morgan fingerprint density at radius 3 is 2.54 bits per heavy atom. The minimum absolute atomic E-state index is 0.146. The standard InChI is InChI=1S/C26H23F3N4O4/c1-16-3-2-11-32-15-22(31-24(16)32)18-6-4-17(5-7-18)13-20(10-12-34)30-25(35)21-9-8-19(26(27,28)29)14-23(21)33(36)37/h2-9,11,14-15,20,34H,10,12-13H2,1H3,(H,30,35)/t20-/m1/s1. The molecule has 4 aromatic rings. The number of nitro benzene ring substituents is 1. The first-order valence-corrected chi connectivity index (χ1v) is 11.4. The molecule has 1 amide bonds. The van der Waals surface area contributed by atoms with Gasteiger partial charge in [0.1, 0.15) is 11.2 Å². The topological polar surface area (TPSA) is 110 Å². The summed E-state index contributed by atoms with van der Waals surface area (Å²) in [5.74, 6) is -0.893. The van der Waals surface area contributed by atoms with Crippen molar-refractivity contribution in [3.63, 3.8) is 0 Å². The Morgan fingerprint density at radius 1 is 1.19 bits per heavy atom. The van der Waals surface area contributed by atoms with Gasteiger partial charge in [0.05, 0.1) is 16.2 Å². The first kappa shape index (κ1) is 25.8. The number of imidazole rings is 1. The molecule has 0 saturated carbocycles. The highest BCUT2D eigenvalue weighted by Crippen LogP contribution is 2.33. The third kappa shape index (κ3) is 5.78. The molecule has 2 N–H and O–H groups in total. The normalized spacial score (nSPS) is 12.5. The van der Waals surface area contributed by atoms with E-state index in [1.54, 1.807) is 0 Å². The van der Waals surface area contributed by atoms with E-state index in [1.807, 2.05) is 60.1 Å². The van der Waals surface area contributed by atoms with Crippen LogP contribution in [0, 0.1) is 17.0 Å². The number of nitro groups is 1. The lowest BCUT2D eigenvalue weighted by Gasteiger charge is -2.18. The Morgan fingerprint density at radius 2 is 1.92 bits per heavy atom. The number of fused-ring (bicyclic) bond motifs is 1. The van der Waals surface area contributed by atoms with Crippen LogP contribution in [0.25, 0.3) is 16.9 Å². The van der Waals surface area contributed by atoms with Crippen LogP contribution < -0.4 is 5.32 Å². The molecule has 0 saturated heterocycles. The molecule has 11 heteroatoms. The average Bonchev–Trinajstić information content (AvgIpc) is 3.29. The minimum Gasteiger partial charge on any atom is -0.396 e. The van der Waals surface area contributed by atoms with Crippen molar-refractivity contribution in [3.05, 3.63) is 99.4 Å². The van der Waals surface area contributed by atoms with Gasteiger partial charge >= 0.3 is 6.18 Å². The van der Waals surface area contributed by atoms with E-state index in [0.717, 1.165) is 34.1 Å². The zero-order chi connectivity index (χ0) is 26.7. The molecule has 4 rings (SSSR count). The summed E-state index contributed by atoms with van der Waals surface area (Å²) in [5.41, 5.74) is 1.74. The van der Waals surface area contributed by atoms with Crippen molar-refractivity contribution in [2.24, 2.45) is 0 Å². The van der Waals surface area contributed by atoms with Crippen LogP contribution in [-0.2, 0) is 12.6 Å². The van der Waals surface area contributed by atoms with Crippen LogP contribution in [0.1, 0.15) is 33.5 Å². The van der Waals surface area contributed by atoms with Crippen molar-refractivity contribution in [3.8, 4) is 11.3 Å². The lowest BCUT2D eigenvalue weighted by Crippen LogP contribution is -2.37. The van der Waals surface area contributed by atoms with Crippen LogP contribution in [0.4, 0.5) is 18.9 Å². The number of benzene rings is 2. The van der Waals surface area contributed by atoms with Gasteiger partial charge in [-0.25, -0.2) is 4.98 Å². The number of nitrogens with zero attached hydrogens (tertiary/aromatic N) is 3. The molecule has 2 aromatic carbocycles. The van der Waals surface area contributed by atoms with Gasteiger partial charge in [0.25, 0.3) is 11.6 Å². The second-order valence-electron chi connectivity index (χ2n) is 8.62. The van der Waals surface area contributed by atoms with Crippen molar-refractivity contribution in [1.82, 2.24) is 14.7 Å². The Bertz CT molecular complexity index is 1450. The van der Waals surface area contributed by atoms with Gasteiger partial charge in [-0.15, -0.1) is 0 Å². The zero-order valence-corrected chi connectivity index (χ0v) is 19.7. The maximum atomic E-state index is 13.0. The van der Waals surface area contributed by atoms with Crippen LogP contribution in [0.5, 0.6) is 0 Å². The van der Waals surface area contributed by atoms with Crippen LogP contribution in [0.15, 0.2) is 67.0 Å². The Labute approximate surface area is 209 Å². The Hall–Kier alpha value is -4.25. The SMILES string of the molecule is Cc1cccn2cc(-c3ccc(C[C@@H](CCO)NC(=O)c4ccc(C(F)(F)F)cc4[N+](=O)[O-])cc3)nc12. The first-order chi connectivity index (χ1) is 17.6. The van der Waals surface area contributed by atoms with Crippen LogP contribution in [0.3, 0.4) is 0 Å². The fourth-order valence-electron chi connectivity index (χ4n) is 4.08. The second kappa shape index (κ2) is 10.4. The fourth-order valence-corrected chi connectivity index (χ4v) is 4.08. The van der Waals surface area contributed by atoms with Crippen LogP contribution in [-0.4, -0.2) is 38.0 Å². The third-order valence-corrected chi connectivity index (χ3v) is 5.99. The molecule has 0 aliphatic carbocycles. The van der Waals surface area contributed by atoms with E-state index < -0.39 is 39.9 Å². The highest BCUT2D eigenvalue weighted by Gasteiger charge is 2.34. The van der Waals surface area contributed by atoms with Gasteiger partial charge in [-0.05, 0) is 49.1 Å². The molecule has 0 radical (unpaired) electrons. The number of halogens is 3. The number of aliphatic hydroxyl groups excluding tert-OH is 1. The van der Waals surface area contributed by atoms with Gasteiger partial charge in [0.15, 0.2) is 0 Å². The van der Waals surface area contributed by atoms with E-state index in [4.69, 9.17) is 0 Å². The molecule has 2 aromatic heterocycles. The third-order valence-electron chi connectivity index (χ3n) is 5.99. The number of aromatic nitrogens is 2. The summed E-state index contributed by atoms with van der Waals surface area (Å²) in [7, 11) is 0. The minimum atomic E-state index is -4.78. The largest absolute Gasteiger partial charge is 0.416 e. The van der Waals surface area contributed by atoms with Gasteiger partial charge in [-0.3, -0.25) is 14.9 Å². The molecule has 0 bridgehead atoms. The average molecular weight is 512 g/mol. The molecule has 192 valence electrons. The number of pyridine rings is 1. The number of amides is 1. The molecule has 37 heavy (non-hydrogen) atoms. The Kier molecular flexibility index (Phi) is 7.25. The van der Waals surface area contributed by atoms with Crippen LogP contribution in [0.2, 0.25) is 0 Å². The summed E-state index contributed by atoms with van der Waals surface area (Å²) in [4.78, 5) is 27.8. The van der Waals surface area contributed by atoms with Crippen molar-refractivity contribution in [1.29, 1.82) is 0 Å². The maximum absolute atomic E-state index is 13.0. The van der Waals surface area contributed by atoms with Crippen molar-refractivity contribution >= 4 is 17.2 Å². The Balaban J connectivity index is 1.51. The molecule has 0 fully saturated rings. The van der Waals surface area contributed by atoms with Crippen LogP contribution >= 0.6 is 0 Å². The van der Waals surface area contributed by atoms with E-state index in [1.165, 1.54) is 0 Å². The summed E-state index contributed by atoms with van der Waals surface area (Å²) in [6.07, 6.45) is -0.508. The fraction of sp³-hybridized carbons (Fsp3) is 0.231. The van der Waals surface area contributed by atoms with Crippen molar-refractivity contribution < 1.29 is 28.0 Å². The van der Waals surface area contributed by atoms with Gasteiger partial charge in [-0.2, -0.15) is 13.2 Å². The quantitative estimate of drug-likeness (QED) is 0.256. The number of alkyl halides is 3. The van der Waals surface area contributed by atoms with Gasteiger partial charge in [-0.1, -0.05) is 30.3 Å². The van der Waals surface area contributed by atoms with Gasteiger partial charge < -0.3 is 14.8 Å². The molecule has 0 aliphatic rings. The first-order valence-electron chi connectivity index (χ1n) is 11.4. The number of carbonyl (C=O) groups excluding carboxylic acids is 1. The molecular weight excluding hydrogens is 489 g/mol. The number of hydrogen-bond acceptors (Lipinski definition) is 5. The lowest BCUT2D eigenvalue weighted by molar-refractivity contribution is -0.385. The monoisotopic (exact) mass is 512 g/mol. The number of rotatable bonds is 8. The lowest BCUT2D eigenvalue weighted by atomic mass is 10.0. The predicted molar refractivity (Wildman–Crippen MR) is 130 cm³/mol. The van der Waals surface area contributed by atoms with E-state index in [-0.39, 0.29) is 13.0 Å². The smallest absolute Gasteiger partial charge is 0.396 e. The molecule has 2 heterocycles. The van der Waals surface area contributed by atoms with E-state index in [2.05, 4.69) is 10.3 Å². The molecule has 0 aliphatic heterocycles. The second-order valence-corrected chi connectivity index (χ2v) is 8.62. The van der Waals surface area contributed by atoms with E-state index in [0.29, 0.717) is 18.6 Å². The predicted octanol–water partition coefficient (Wildman–Crippen LogP) is 4.96. The summed E-state index contributed by atoms with van der Waals surface area (Å²) >= 11 is 0. The molecule has 8 nitrogen and oxygen atoms in total. The molecular formula is C26H23F3N4O4. The summed E-state index contributed by atoms with van der Waals surface area (Å²) in [6.45, 7) is 1.71. The molecule has 0 spiro atoms. The van der Waals surface area contributed by atoms with Crippen molar-refractivity contribution in [2.75, 3.05) is 6.61 Å². The molecule has 1 atom stereocenters. The number of hydrogen-bond donors (Lipinski definition) is 2. The number of aryl methyl sites for hydroxylation is 1.